The van der Waals surface area contributed by atoms with Crippen LogP contribution in [0.25, 0.3) is 0 Å². The second-order valence-corrected chi connectivity index (χ2v) is 3.60. The maximum atomic E-state index is 12.7. The van der Waals surface area contributed by atoms with Crippen LogP contribution in [0.1, 0.15) is 10.4 Å². The smallest absolute Gasteiger partial charge is 0.340 e. The van der Waals surface area contributed by atoms with E-state index >= 15 is 0 Å². The van der Waals surface area contributed by atoms with Crippen molar-refractivity contribution in [1.29, 1.82) is 0 Å². The van der Waals surface area contributed by atoms with Crippen LogP contribution in [0.15, 0.2) is 18.2 Å². The lowest BCUT2D eigenvalue weighted by Gasteiger charge is -2.11. The molecule has 5 nitrogen and oxygen atoms in total. The molecule has 0 fully saturated rings. The Bertz CT molecular complexity index is 446. The molecule has 1 rings (SSSR count). The van der Waals surface area contributed by atoms with Gasteiger partial charge < -0.3 is 15.4 Å². The van der Waals surface area contributed by atoms with E-state index in [4.69, 9.17) is 10.5 Å². The standard InChI is InChI=1S/C11H13FN2O3/c1-14(2)10(15)6-17-11(16)8-4-3-7(12)5-9(8)13/h3-5H,6,13H2,1-2H3. The van der Waals surface area contributed by atoms with E-state index in [1.807, 2.05) is 0 Å². The van der Waals surface area contributed by atoms with Crippen molar-refractivity contribution in [3.8, 4) is 0 Å². The van der Waals surface area contributed by atoms with Crippen molar-refractivity contribution >= 4 is 17.6 Å². The number of halogens is 1. The average molecular weight is 240 g/mol. The molecule has 0 heterocycles. The van der Waals surface area contributed by atoms with Crippen molar-refractivity contribution in [2.24, 2.45) is 0 Å². The van der Waals surface area contributed by atoms with Crippen LogP contribution in [0.2, 0.25) is 0 Å². The quantitative estimate of drug-likeness (QED) is 0.622. The van der Waals surface area contributed by atoms with E-state index in [1.165, 1.54) is 11.0 Å². The number of hydrogen-bond donors (Lipinski definition) is 1. The number of rotatable bonds is 3. The first-order valence-electron chi connectivity index (χ1n) is 4.84. The summed E-state index contributed by atoms with van der Waals surface area (Å²) in [7, 11) is 3.09. The van der Waals surface area contributed by atoms with Crippen molar-refractivity contribution in [1.82, 2.24) is 4.90 Å². The van der Waals surface area contributed by atoms with Crippen molar-refractivity contribution in [3.63, 3.8) is 0 Å². The molecule has 0 saturated carbocycles. The van der Waals surface area contributed by atoms with Crippen LogP contribution in [0.5, 0.6) is 0 Å². The van der Waals surface area contributed by atoms with Gasteiger partial charge in [-0.3, -0.25) is 4.79 Å². The lowest BCUT2D eigenvalue weighted by Crippen LogP contribution is -2.27. The highest BCUT2D eigenvalue weighted by molar-refractivity contribution is 5.96. The molecule has 0 aromatic heterocycles. The minimum absolute atomic E-state index is 0.0210. The summed E-state index contributed by atoms with van der Waals surface area (Å²) >= 11 is 0. The van der Waals surface area contributed by atoms with E-state index in [1.54, 1.807) is 14.1 Å². The molecule has 0 saturated heterocycles. The molecule has 0 aliphatic rings. The number of nitrogens with two attached hydrogens (primary N) is 1. The van der Waals surface area contributed by atoms with E-state index in [-0.39, 0.29) is 23.8 Å². The van der Waals surface area contributed by atoms with Crippen LogP contribution in [0, 0.1) is 5.82 Å². The monoisotopic (exact) mass is 240 g/mol. The van der Waals surface area contributed by atoms with Gasteiger partial charge in [0, 0.05) is 19.8 Å². The zero-order valence-electron chi connectivity index (χ0n) is 9.57. The second kappa shape index (κ2) is 5.29. The number of anilines is 1. The van der Waals surface area contributed by atoms with Gasteiger partial charge in [-0.2, -0.15) is 0 Å². The van der Waals surface area contributed by atoms with Gasteiger partial charge in [-0.15, -0.1) is 0 Å². The molecule has 0 atom stereocenters. The van der Waals surface area contributed by atoms with Crippen molar-refractivity contribution in [2.45, 2.75) is 0 Å². The Hall–Kier alpha value is -2.11. The maximum Gasteiger partial charge on any atom is 0.340 e. The lowest BCUT2D eigenvalue weighted by atomic mass is 10.2. The van der Waals surface area contributed by atoms with Gasteiger partial charge in [-0.05, 0) is 18.2 Å². The molecule has 1 aromatic rings. The number of carbonyl (C=O) groups excluding carboxylic acids is 2. The summed E-state index contributed by atoms with van der Waals surface area (Å²) in [4.78, 5) is 24.0. The highest BCUT2D eigenvalue weighted by Gasteiger charge is 2.14. The Kier molecular flexibility index (Phi) is 4.03. The fourth-order valence-electron chi connectivity index (χ4n) is 1.05. The molecule has 0 unspecified atom stereocenters. The van der Waals surface area contributed by atoms with Crippen LogP contribution in [0.4, 0.5) is 10.1 Å². The molecule has 1 aromatic carbocycles. The predicted molar refractivity (Wildman–Crippen MR) is 59.8 cm³/mol. The van der Waals surface area contributed by atoms with Gasteiger partial charge in [-0.1, -0.05) is 0 Å². The molecule has 6 heteroatoms. The SMILES string of the molecule is CN(C)C(=O)COC(=O)c1ccc(F)cc1N. The summed E-state index contributed by atoms with van der Waals surface area (Å²) in [6.07, 6.45) is 0. The van der Waals surface area contributed by atoms with Crippen molar-refractivity contribution in [2.75, 3.05) is 26.4 Å². The third kappa shape index (κ3) is 3.44. The zero-order valence-corrected chi connectivity index (χ0v) is 9.57. The average Bonchev–Trinajstić information content (AvgIpc) is 2.25. The van der Waals surface area contributed by atoms with E-state index in [0.29, 0.717) is 0 Å². The molecule has 0 spiro atoms. The normalized spacial score (nSPS) is 9.82. The molecule has 0 aliphatic carbocycles. The third-order valence-electron chi connectivity index (χ3n) is 2.06. The molecular formula is C11H13FN2O3. The first kappa shape index (κ1) is 13.0. The van der Waals surface area contributed by atoms with Gasteiger partial charge in [0.25, 0.3) is 5.91 Å². The molecule has 0 radical (unpaired) electrons. The predicted octanol–water partition coefficient (Wildman–Crippen LogP) is 0.653. The summed E-state index contributed by atoms with van der Waals surface area (Å²) in [5.74, 6) is -1.64. The molecule has 1 amide bonds. The first-order chi connectivity index (χ1) is 7.91. The summed E-state index contributed by atoms with van der Waals surface area (Å²) in [5, 5.41) is 0. The minimum atomic E-state index is -0.752. The van der Waals surface area contributed by atoms with Gasteiger partial charge in [0.1, 0.15) is 5.82 Å². The van der Waals surface area contributed by atoms with Crippen LogP contribution >= 0.6 is 0 Å². The van der Waals surface area contributed by atoms with Crippen LogP contribution in [-0.2, 0) is 9.53 Å². The van der Waals surface area contributed by atoms with Gasteiger partial charge in [0.2, 0.25) is 0 Å². The largest absolute Gasteiger partial charge is 0.452 e. The number of esters is 1. The van der Waals surface area contributed by atoms with E-state index < -0.39 is 11.8 Å². The Morgan fingerprint density at radius 2 is 2.06 bits per heavy atom. The molecule has 17 heavy (non-hydrogen) atoms. The summed E-state index contributed by atoms with van der Waals surface area (Å²) in [6, 6.07) is 3.33. The zero-order chi connectivity index (χ0) is 13.0. The first-order valence-corrected chi connectivity index (χ1v) is 4.84. The van der Waals surface area contributed by atoms with Gasteiger partial charge in [-0.25, -0.2) is 9.18 Å². The fourth-order valence-corrected chi connectivity index (χ4v) is 1.05. The van der Waals surface area contributed by atoms with Gasteiger partial charge in [0.05, 0.1) is 5.56 Å². The second-order valence-electron chi connectivity index (χ2n) is 3.60. The van der Waals surface area contributed by atoms with Crippen LogP contribution in [-0.4, -0.2) is 37.5 Å². The van der Waals surface area contributed by atoms with Gasteiger partial charge >= 0.3 is 5.97 Å². The number of benzene rings is 1. The van der Waals surface area contributed by atoms with E-state index in [9.17, 15) is 14.0 Å². The highest BCUT2D eigenvalue weighted by atomic mass is 19.1. The number of hydrogen-bond acceptors (Lipinski definition) is 4. The summed E-state index contributed by atoms with van der Waals surface area (Å²) in [6.45, 7) is -0.372. The topological polar surface area (TPSA) is 72.6 Å². The number of ether oxygens (including phenoxy) is 1. The van der Waals surface area contributed by atoms with Crippen LogP contribution < -0.4 is 5.73 Å². The number of likely N-dealkylation sites (N-methyl/N-ethyl adjacent to an activating group) is 1. The molecule has 0 bridgehead atoms. The minimum Gasteiger partial charge on any atom is -0.452 e. The van der Waals surface area contributed by atoms with Crippen molar-refractivity contribution in [3.05, 3.63) is 29.6 Å². The number of carbonyl (C=O) groups is 2. The van der Waals surface area contributed by atoms with E-state index in [2.05, 4.69) is 0 Å². The maximum absolute atomic E-state index is 12.7. The Balaban J connectivity index is 2.68. The Morgan fingerprint density at radius 1 is 1.41 bits per heavy atom. The number of amides is 1. The van der Waals surface area contributed by atoms with Crippen LogP contribution in [0.3, 0.4) is 0 Å². The molecule has 2 N–H and O–H groups in total. The molecule has 92 valence electrons. The third-order valence-corrected chi connectivity index (χ3v) is 2.06. The fraction of sp³-hybridized carbons (Fsp3) is 0.273. The van der Waals surface area contributed by atoms with E-state index in [0.717, 1.165) is 12.1 Å². The Labute approximate surface area is 98.0 Å². The highest BCUT2D eigenvalue weighted by Crippen LogP contribution is 2.14. The summed E-state index contributed by atoms with van der Waals surface area (Å²) in [5.41, 5.74) is 5.47. The molecular weight excluding hydrogens is 227 g/mol. The van der Waals surface area contributed by atoms with Gasteiger partial charge in [0.15, 0.2) is 6.61 Å². The Morgan fingerprint density at radius 3 is 2.59 bits per heavy atom. The number of nitrogen functional groups attached to an aromatic ring is 1. The summed E-state index contributed by atoms with van der Waals surface area (Å²) < 4.78 is 17.5. The number of nitrogens with zero attached hydrogens (tertiary/aromatic N) is 1. The molecule has 0 aliphatic heterocycles. The lowest BCUT2D eigenvalue weighted by molar-refractivity contribution is -0.131. The van der Waals surface area contributed by atoms with Crippen molar-refractivity contribution < 1.29 is 18.7 Å².